The van der Waals surface area contributed by atoms with Crippen LogP contribution in [-0.4, -0.2) is 38.4 Å². The van der Waals surface area contributed by atoms with Gasteiger partial charge in [-0.1, -0.05) is 41.5 Å². The Bertz CT molecular complexity index is 1350. The van der Waals surface area contributed by atoms with Gasteiger partial charge in [0.2, 0.25) is 0 Å². The van der Waals surface area contributed by atoms with Crippen LogP contribution in [0.2, 0.25) is 0 Å². The number of imidazole rings is 1. The van der Waals surface area contributed by atoms with Gasteiger partial charge in [-0.15, -0.1) is 0 Å². The van der Waals surface area contributed by atoms with Gasteiger partial charge in [0.25, 0.3) is 0 Å². The number of nitrogens with zero attached hydrogens (tertiary/aromatic N) is 8. The van der Waals surface area contributed by atoms with Crippen LogP contribution in [0.25, 0.3) is 16.7 Å². The van der Waals surface area contributed by atoms with Crippen molar-refractivity contribution in [3.05, 3.63) is 97.2 Å². The summed E-state index contributed by atoms with van der Waals surface area (Å²) < 4.78 is 5.94. The van der Waals surface area contributed by atoms with Crippen molar-refractivity contribution >= 4 is 16.7 Å². The monoisotopic (exact) mass is 482 g/mol. The van der Waals surface area contributed by atoms with Gasteiger partial charge in [-0.2, -0.15) is 5.10 Å². The van der Waals surface area contributed by atoms with Gasteiger partial charge in [-0.25, -0.2) is 9.50 Å². The van der Waals surface area contributed by atoms with Gasteiger partial charge >= 0.3 is 0 Å². The fraction of sp³-hybridized carbons (Fsp3) is 0.321. The van der Waals surface area contributed by atoms with E-state index < -0.39 is 0 Å². The van der Waals surface area contributed by atoms with E-state index in [1.807, 2.05) is 64.4 Å². The molecule has 36 heavy (non-hydrogen) atoms. The van der Waals surface area contributed by atoms with Crippen molar-refractivity contribution in [2.75, 3.05) is 0 Å². The summed E-state index contributed by atoms with van der Waals surface area (Å²) in [6.45, 7) is 12.8. The van der Waals surface area contributed by atoms with Gasteiger partial charge in [0, 0.05) is 55.8 Å². The van der Waals surface area contributed by atoms with Gasteiger partial charge in [-0.05, 0) is 36.0 Å². The molecule has 0 unspecified atom stereocenters. The van der Waals surface area contributed by atoms with Crippen molar-refractivity contribution in [2.45, 2.75) is 59.3 Å². The fourth-order valence-electron chi connectivity index (χ4n) is 4.04. The lowest BCUT2D eigenvalue weighted by molar-refractivity contribution is 0.809. The molecular weight excluding hydrogens is 448 g/mol. The standard InChI is InChI=1S/C10H12N2.2C9H11N3/c1-8(2)10-9-4-3-6-12(9)7-5-11-10;1-7(2)8-9-11-4-6-12(9)5-3-10-8;1-7(2)9-8-3-4-11-12(8)6-5-10-9/h3-8H,1-2H3;2*3-7H,1-2H3. The molecule has 8 nitrogen and oxygen atoms in total. The third-order valence-electron chi connectivity index (χ3n) is 5.82. The highest BCUT2D eigenvalue weighted by Crippen LogP contribution is 2.18. The summed E-state index contributed by atoms with van der Waals surface area (Å²) in [7, 11) is 0. The maximum absolute atomic E-state index is 4.36. The quantitative estimate of drug-likeness (QED) is 0.302. The van der Waals surface area contributed by atoms with Crippen LogP contribution in [0, 0.1) is 0 Å². The van der Waals surface area contributed by atoms with E-state index in [4.69, 9.17) is 0 Å². The molecule has 6 aromatic rings. The Morgan fingerprint density at radius 3 is 1.75 bits per heavy atom. The lowest BCUT2D eigenvalue weighted by atomic mass is 10.1. The molecule has 0 radical (unpaired) electrons. The van der Waals surface area contributed by atoms with Crippen LogP contribution in [0.4, 0.5) is 0 Å². The summed E-state index contributed by atoms with van der Waals surface area (Å²) in [5.74, 6) is 1.37. The molecule has 0 N–H and O–H groups in total. The maximum Gasteiger partial charge on any atom is 0.158 e. The third kappa shape index (κ3) is 5.43. The number of hydrogen-bond acceptors (Lipinski definition) is 5. The first kappa shape index (κ1) is 25.0. The Kier molecular flexibility index (Phi) is 7.73. The Labute approximate surface area is 211 Å². The molecule has 0 aliphatic heterocycles. The zero-order valence-corrected chi connectivity index (χ0v) is 21.8. The van der Waals surface area contributed by atoms with Gasteiger partial charge < -0.3 is 8.80 Å². The predicted molar refractivity (Wildman–Crippen MR) is 143 cm³/mol. The molecule has 0 amide bonds. The van der Waals surface area contributed by atoms with Crippen LogP contribution in [0.5, 0.6) is 0 Å². The molecule has 0 aliphatic carbocycles. The van der Waals surface area contributed by atoms with E-state index >= 15 is 0 Å². The second-order valence-corrected chi connectivity index (χ2v) is 9.52. The second kappa shape index (κ2) is 11.1. The summed E-state index contributed by atoms with van der Waals surface area (Å²) in [6, 6.07) is 6.13. The minimum absolute atomic E-state index is 0.427. The van der Waals surface area contributed by atoms with Crippen molar-refractivity contribution in [1.82, 2.24) is 38.4 Å². The second-order valence-electron chi connectivity index (χ2n) is 9.52. The van der Waals surface area contributed by atoms with Crippen LogP contribution in [-0.2, 0) is 0 Å². The smallest absolute Gasteiger partial charge is 0.158 e. The Hall–Kier alpha value is -4.07. The molecule has 0 spiro atoms. The molecular formula is C28H34N8. The SMILES string of the molecule is CC(C)c1nccn2cccc12.CC(C)c1nccn2ccnc12.CC(C)c1nccn2nccc12. The van der Waals surface area contributed by atoms with Crippen LogP contribution in [0.15, 0.2) is 80.2 Å². The Morgan fingerprint density at radius 1 is 0.528 bits per heavy atom. The van der Waals surface area contributed by atoms with E-state index in [2.05, 4.69) is 77.0 Å². The first-order valence-electron chi connectivity index (χ1n) is 12.3. The highest BCUT2D eigenvalue weighted by molar-refractivity contribution is 5.53. The minimum Gasteiger partial charge on any atom is -0.321 e. The van der Waals surface area contributed by atoms with Crippen LogP contribution >= 0.6 is 0 Å². The molecule has 0 fully saturated rings. The molecule has 8 heteroatoms. The van der Waals surface area contributed by atoms with E-state index in [-0.39, 0.29) is 0 Å². The molecule has 186 valence electrons. The van der Waals surface area contributed by atoms with Gasteiger partial charge in [0.05, 0.1) is 34.3 Å². The predicted octanol–water partition coefficient (Wildman–Crippen LogP) is 6.16. The largest absolute Gasteiger partial charge is 0.321 e. The number of fused-ring (bicyclic) bond motifs is 3. The Balaban J connectivity index is 0.000000127. The van der Waals surface area contributed by atoms with E-state index in [0.29, 0.717) is 17.8 Å². The first-order chi connectivity index (χ1) is 17.4. The zero-order chi connectivity index (χ0) is 25.7. The van der Waals surface area contributed by atoms with Crippen LogP contribution in [0.3, 0.4) is 0 Å². The molecule has 0 saturated carbocycles. The molecule has 0 atom stereocenters. The summed E-state index contributed by atoms with van der Waals surface area (Å²) in [5.41, 5.74) is 6.62. The molecule has 6 heterocycles. The van der Waals surface area contributed by atoms with Gasteiger partial charge in [0.15, 0.2) is 5.65 Å². The van der Waals surface area contributed by atoms with Crippen molar-refractivity contribution in [3.8, 4) is 0 Å². The highest BCUT2D eigenvalue weighted by atomic mass is 15.2. The van der Waals surface area contributed by atoms with E-state index in [9.17, 15) is 0 Å². The van der Waals surface area contributed by atoms with Crippen LogP contribution < -0.4 is 0 Å². The van der Waals surface area contributed by atoms with Gasteiger partial charge in [-0.3, -0.25) is 15.0 Å². The molecule has 0 saturated heterocycles. The molecule has 6 aromatic heterocycles. The fourth-order valence-corrected chi connectivity index (χ4v) is 4.04. The summed E-state index contributed by atoms with van der Waals surface area (Å²) in [4.78, 5) is 17.2. The van der Waals surface area contributed by atoms with Gasteiger partial charge in [0.1, 0.15) is 0 Å². The van der Waals surface area contributed by atoms with Crippen molar-refractivity contribution < 1.29 is 0 Å². The number of rotatable bonds is 3. The molecule has 0 bridgehead atoms. The van der Waals surface area contributed by atoms with E-state index in [0.717, 1.165) is 22.6 Å². The molecule has 6 rings (SSSR count). The highest BCUT2D eigenvalue weighted by Gasteiger charge is 2.07. The zero-order valence-electron chi connectivity index (χ0n) is 21.8. The molecule has 0 aromatic carbocycles. The van der Waals surface area contributed by atoms with Crippen molar-refractivity contribution in [2.24, 2.45) is 0 Å². The number of aromatic nitrogens is 8. The average molecular weight is 483 g/mol. The first-order valence-corrected chi connectivity index (χ1v) is 12.3. The summed E-state index contributed by atoms with van der Waals surface area (Å²) in [5, 5.41) is 4.14. The Morgan fingerprint density at radius 2 is 1.08 bits per heavy atom. The average Bonchev–Trinajstić information content (AvgIpc) is 3.63. The lowest BCUT2D eigenvalue weighted by Gasteiger charge is -2.05. The maximum atomic E-state index is 4.36. The van der Waals surface area contributed by atoms with E-state index in [1.165, 1.54) is 11.2 Å². The summed E-state index contributed by atoms with van der Waals surface area (Å²) in [6.07, 6.45) is 18.8. The van der Waals surface area contributed by atoms with Crippen LogP contribution in [0.1, 0.15) is 76.4 Å². The minimum atomic E-state index is 0.427. The number of hydrogen-bond donors (Lipinski definition) is 0. The topological polar surface area (TPSA) is 77.7 Å². The van der Waals surface area contributed by atoms with E-state index in [1.54, 1.807) is 18.6 Å². The molecule has 0 aliphatic rings. The normalized spacial score (nSPS) is 11.2. The summed E-state index contributed by atoms with van der Waals surface area (Å²) >= 11 is 0. The lowest BCUT2D eigenvalue weighted by Crippen LogP contribution is -1.97. The van der Waals surface area contributed by atoms with Crippen molar-refractivity contribution in [1.29, 1.82) is 0 Å². The van der Waals surface area contributed by atoms with Crippen molar-refractivity contribution in [3.63, 3.8) is 0 Å². The third-order valence-corrected chi connectivity index (χ3v) is 5.82.